The summed E-state index contributed by atoms with van der Waals surface area (Å²) in [7, 11) is -6.39. The van der Waals surface area contributed by atoms with Crippen molar-refractivity contribution < 1.29 is 64.2 Å². The van der Waals surface area contributed by atoms with E-state index in [1.807, 2.05) is 0 Å². The lowest BCUT2D eigenvalue weighted by molar-refractivity contribution is -0.177. The summed E-state index contributed by atoms with van der Waals surface area (Å²) in [4.78, 5) is 23.8. The number of carbonyl (C=O) groups is 2. The van der Waals surface area contributed by atoms with Crippen LogP contribution in [0.3, 0.4) is 0 Å². The molecule has 3 rings (SSSR count). The van der Waals surface area contributed by atoms with Crippen molar-refractivity contribution in [3.05, 3.63) is 0 Å². The van der Waals surface area contributed by atoms with E-state index in [0.29, 0.717) is 0 Å². The predicted octanol–water partition coefficient (Wildman–Crippen LogP) is 0.130. The monoisotopic (exact) mass is 480 g/mol. The molecule has 2 N–H and O–H groups in total. The Morgan fingerprint density at radius 2 is 1.77 bits per heavy atom. The van der Waals surface area contributed by atoms with Crippen molar-refractivity contribution in [2.24, 2.45) is 11.8 Å². The number of alkyl halides is 4. The highest BCUT2D eigenvalue weighted by atomic mass is 32.2. The summed E-state index contributed by atoms with van der Waals surface area (Å²) in [5.74, 6) is -8.41. The van der Waals surface area contributed by atoms with Crippen LogP contribution in [0.5, 0.6) is 0 Å². The minimum atomic E-state index is -6.39. The molecular formula is C16H20F4O10S. The maximum Gasteiger partial charge on any atom is 0.431 e. The Hall–Kier alpha value is -1.55. The number of carbonyl (C=O) groups excluding carboxylic acids is 2. The third-order valence-electron chi connectivity index (χ3n) is 5.54. The predicted molar refractivity (Wildman–Crippen MR) is 88.6 cm³/mol. The van der Waals surface area contributed by atoms with E-state index in [2.05, 4.69) is 4.74 Å². The number of esters is 2. The number of rotatable bonds is 9. The van der Waals surface area contributed by atoms with Crippen molar-refractivity contribution >= 4 is 22.1 Å². The number of hydrogen-bond donors (Lipinski definition) is 2. The number of ether oxygens (including phenoxy) is 4. The maximum absolute atomic E-state index is 13.4. The molecule has 0 aromatic rings. The Balaban J connectivity index is 1.53. The van der Waals surface area contributed by atoms with Gasteiger partial charge >= 0.3 is 33.2 Å². The lowest BCUT2D eigenvalue weighted by atomic mass is 9.71. The molecule has 2 bridgehead atoms. The normalized spacial score (nSPS) is 33.0. The first-order valence-corrected chi connectivity index (χ1v) is 10.5. The average Bonchev–Trinajstić information content (AvgIpc) is 3.20. The van der Waals surface area contributed by atoms with Crippen LogP contribution in [0.1, 0.15) is 20.3 Å². The number of fused-ring (bicyclic) bond motifs is 1. The molecule has 0 aromatic heterocycles. The summed E-state index contributed by atoms with van der Waals surface area (Å²) in [6.45, 7) is 0.807. The van der Waals surface area contributed by atoms with Gasteiger partial charge in [-0.05, 0) is 13.8 Å². The van der Waals surface area contributed by atoms with Gasteiger partial charge in [0.1, 0.15) is 18.8 Å². The van der Waals surface area contributed by atoms with E-state index in [-0.39, 0.29) is 0 Å². The highest BCUT2D eigenvalue weighted by Gasteiger charge is 2.71. The Morgan fingerprint density at radius 1 is 1.16 bits per heavy atom. The van der Waals surface area contributed by atoms with Crippen LogP contribution in [0, 0.1) is 11.8 Å². The lowest BCUT2D eigenvalue weighted by Crippen LogP contribution is -2.51. The van der Waals surface area contributed by atoms with Crippen molar-refractivity contribution in [2.75, 3.05) is 13.2 Å². The van der Waals surface area contributed by atoms with Crippen molar-refractivity contribution in [3.63, 3.8) is 0 Å². The molecule has 3 aliphatic rings. The van der Waals surface area contributed by atoms with E-state index < -0.39 is 94.7 Å². The zero-order valence-corrected chi connectivity index (χ0v) is 17.0. The molecule has 31 heavy (non-hydrogen) atoms. The Labute approximate surface area is 173 Å². The second-order valence-electron chi connectivity index (χ2n) is 8.11. The van der Waals surface area contributed by atoms with Gasteiger partial charge in [0, 0.05) is 5.92 Å². The Bertz CT molecular complexity index is 855. The summed E-state index contributed by atoms with van der Waals surface area (Å²) in [5.41, 5.74) is -1.34. The molecule has 3 aliphatic heterocycles. The van der Waals surface area contributed by atoms with Gasteiger partial charge in [0.15, 0.2) is 6.10 Å². The van der Waals surface area contributed by atoms with Crippen LogP contribution < -0.4 is 0 Å². The quantitative estimate of drug-likeness (QED) is 0.265. The number of aliphatic hydroxyl groups is 1. The highest BCUT2D eigenvalue weighted by Crippen LogP contribution is 2.54. The second-order valence-corrected chi connectivity index (χ2v) is 9.58. The smallest absolute Gasteiger partial charge is 0.431 e. The molecule has 3 saturated heterocycles. The molecule has 15 heteroatoms. The number of halogens is 4. The SMILES string of the molecule is CC(C)(O)C1C2OC3C(OC(=O)C31)C2OCC(=O)OCCC(F)(F)C(F)(F)S(=O)(=O)O. The average molecular weight is 480 g/mol. The fraction of sp³-hybridized carbons (Fsp3) is 0.875. The van der Waals surface area contributed by atoms with Gasteiger partial charge in [0.05, 0.1) is 30.7 Å². The summed E-state index contributed by atoms with van der Waals surface area (Å²) < 4.78 is 103. The third kappa shape index (κ3) is 4.01. The molecule has 3 heterocycles. The molecule has 0 saturated carbocycles. The minimum Gasteiger partial charge on any atom is -0.464 e. The molecule has 0 spiro atoms. The van der Waals surface area contributed by atoms with Crippen LogP contribution >= 0.6 is 0 Å². The molecule has 3 fully saturated rings. The van der Waals surface area contributed by atoms with E-state index in [4.69, 9.17) is 18.8 Å². The summed E-state index contributed by atoms with van der Waals surface area (Å²) >= 11 is 0. The zero-order chi connectivity index (χ0) is 23.6. The van der Waals surface area contributed by atoms with Gasteiger partial charge in [0.2, 0.25) is 0 Å². The van der Waals surface area contributed by atoms with Crippen LogP contribution in [0.2, 0.25) is 0 Å². The fourth-order valence-corrected chi connectivity index (χ4v) is 4.67. The molecule has 6 atom stereocenters. The van der Waals surface area contributed by atoms with Crippen LogP contribution in [-0.2, 0) is 38.7 Å². The van der Waals surface area contributed by atoms with Gasteiger partial charge in [0.25, 0.3) is 0 Å². The molecule has 0 amide bonds. The number of hydrogen-bond acceptors (Lipinski definition) is 9. The van der Waals surface area contributed by atoms with Crippen molar-refractivity contribution in [1.82, 2.24) is 0 Å². The van der Waals surface area contributed by atoms with E-state index >= 15 is 0 Å². The second kappa shape index (κ2) is 7.50. The molecular weight excluding hydrogens is 460 g/mol. The molecule has 178 valence electrons. The van der Waals surface area contributed by atoms with E-state index in [1.165, 1.54) is 13.8 Å². The van der Waals surface area contributed by atoms with Crippen molar-refractivity contribution in [3.8, 4) is 0 Å². The summed E-state index contributed by atoms with van der Waals surface area (Å²) in [6, 6.07) is 0. The first kappa shape index (κ1) is 24.1. The lowest BCUT2D eigenvalue weighted by Gasteiger charge is -2.35. The standard InChI is InChI=1S/C16H20F4O10S/c1-14(2,23)8-7-9-12(30-13(7)22)11(10(8)29-9)28-5-6(21)27-4-3-15(17,18)16(19,20)31(24,25)26/h7-12,23H,3-5H2,1-2H3,(H,24,25,26). The molecule has 6 unspecified atom stereocenters. The van der Waals surface area contributed by atoms with Gasteiger partial charge < -0.3 is 24.1 Å². The first-order chi connectivity index (χ1) is 14.0. The van der Waals surface area contributed by atoms with Crippen LogP contribution in [0.4, 0.5) is 17.6 Å². The molecule has 0 aliphatic carbocycles. The van der Waals surface area contributed by atoms with Gasteiger partial charge in [-0.25, -0.2) is 4.79 Å². The zero-order valence-electron chi connectivity index (χ0n) is 16.2. The van der Waals surface area contributed by atoms with Crippen molar-refractivity contribution in [1.29, 1.82) is 0 Å². The Kier molecular flexibility index (Phi) is 5.83. The first-order valence-electron chi connectivity index (χ1n) is 9.07. The van der Waals surface area contributed by atoms with Crippen LogP contribution in [0.25, 0.3) is 0 Å². The van der Waals surface area contributed by atoms with Gasteiger partial charge in [-0.1, -0.05) is 0 Å². The third-order valence-corrected chi connectivity index (χ3v) is 6.49. The van der Waals surface area contributed by atoms with Gasteiger partial charge in [-0.3, -0.25) is 9.35 Å². The van der Waals surface area contributed by atoms with Gasteiger partial charge in [-0.2, -0.15) is 26.0 Å². The molecule has 0 aromatic carbocycles. The molecule has 0 radical (unpaired) electrons. The Morgan fingerprint density at radius 3 is 2.32 bits per heavy atom. The summed E-state index contributed by atoms with van der Waals surface area (Å²) in [6.07, 6.45) is -5.16. The van der Waals surface area contributed by atoms with Crippen LogP contribution in [0.15, 0.2) is 0 Å². The largest absolute Gasteiger partial charge is 0.464 e. The van der Waals surface area contributed by atoms with Gasteiger partial charge in [-0.15, -0.1) is 0 Å². The molecule has 10 nitrogen and oxygen atoms in total. The van der Waals surface area contributed by atoms with Crippen LogP contribution in [-0.4, -0.2) is 84.4 Å². The fourth-order valence-electron chi connectivity index (χ4n) is 4.19. The minimum absolute atomic E-state index is 0.583. The maximum atomic E-state index is 13.4. The highest BCUT2D eigenvalue weighted by molar-refractivity contribution is 7.87. The summed E-state index contributed by atoms with van der Waals surface area (Å²) in [5, 5.41) is 4.59. The van der Waals surface area contributed by atoms with Crippen molar-refractivity contribution in [2.45, 2.75) is 61.5 Å². The topological polar surface area (TPSA) is 146 Å². The van der Waals surface area contributed by atoms with E-state index in [1.54, 1.807) is 0 Å². The van der Waals surface area contributed by atoms with E-state index in [9.17, 15) is 40.7 Å². The van der Waals surface area contributed by atoms with E-state index in [0.717, 1.165) is 0 Å².